The predicted molar refractivity (Wildman–Crippen MR) is 158 cm³/mol. The molecule has 0 spiro atoms. The zero-order valence-corrected chi connectivity index (χ0v) is 25.3. The molecule has 0 atom stereocenters. The van der Waals surface area contributed by atoms with Crippen LogP contribution in [0.15, 0.2) is 48.5 Å². The molecule has 0 amide bonds. The highest BCUT2D eigenvalue weighted by Crippen LogP contribution is 2.48. The molecule has 9 nitrogen and oxygen atoms in total. The minimum Gasteiger partial charge on any atom is -0.454 e. The van der Waals surface area contributed by atoms with Gasteiger partial charge in [-0.25, -0.2) is 8.42 Å². The van der Waals surface area contributed by atoms with Crippen LogP contribution in [0.4, 0.5) is 19.1 Å². The first-order valence-corrected chi connectivity index (χ1v) is 16.4. The van der Waals surface area contributed by atoms with Gasteiger partial charge in [-0.15, -0.1) is 0 Å². The van der Waals surface area contributed by atoms with E-state index in [0.29, 0.717) is 30.0 Å². The number of alkyl halides is 3. The predicted octanol–water partition coefficient (Wildman–Crippen LogP) is 4.99. The van der Waals surface area contributed by atoms with Gasteiger partial charge in [-0.1, -0.05) is 48.0 Å². The standard InChI is InChI=1S/C30H31ClF3N5O4S/c31-23-8-6-22(7-9-23)29(12-13-29)38-26-35-25(36-27(37-26)43-19-30(32,33)34)16-20-2-4-21(5-3-20)24(40)17-44(41,42)28(10-11-28)18-39-14-1-15-39/h2-9H,1,10-19H2,(H,35,36,37,38). The van der Waals surface area contributed by atoms with Crippen molar-refractivity contribution in [2.24, 2.45) is 0 Å². The van der Waals surface area contributed by atoms with E-state index < -0.39 is 50.5 Å². The molecule has 2 saturated carbocycles. The van der Waals surface area contributed by atoms with Crippen LogP contribution in [-0.2, 0) is 21.8 Å². The molecular formula is C30H31ClF3N5O4S. The van der Waals surface area contributed by atoms with Crippen LogP contribution in [0.2, 0.25) is 5.02 Å². The Morgan fingerprint density at radius 1 is 0.977 bits per heavy atom. The zero-order valence-electron chi connectivity index (χ0n) is 23.7. The normalized spacial score (nSPS) is 18.7. The maximum absolute atomic E-state index is 13.1. The monoisotopic (exact) mass is 649 g/mol. The summed E-state index contributed by atoms with van der Waals surface area (Å²) >= 11 is 6.02. The molecule has 0 radical (unpaired) electrons. The van der Waals surface area contributed by atoms with Gasteiger partial charge in [-0.2, -0.15) is 28.1 Å². The third-order valence-corrected chi connectivity index (χ3v) is 11.2. The molecule has 3 aliphatic rings. The summed E-state index contributed by atoms with van der Waals surface area (Å²) in [7, 11) is -3.61. The fourth-order valence-electron chi connectivity index (χ4n) is 5.39. The van der Waals surface area contributed by atoms with Crippen molar-refractivity contribution in [2.45, 2.75) is 55.0 Å². The molecule has 234 valence electrons. The van der Waals surface area contributed by atoms with Crippen molar-refractivity contribution in [1.29, 1.82) is 0 Å². The fourth-order valence-corrected chi connectivity index (χ4v) is 7.44. The average Bonchev–Trinajstić information content (AvgIpc) is 3.87. The number of hydrogen-bond acceptors (Lipinski definition) is 9. The second-order valence-electron chi connectivity index (χ2n) is 11.8. The Labute approximate surface area is 258 Å². The maximum atomic E-state index is 13.1. The quantitative estimate of drug-likeness (QED) is 0.256. The van der Waals surface area contributed by atoms with E-state index in [2.05, 4.69) is 25.2 Å². The number of nitrogens with one attached hydrogen (secondary N) is 1. The summed E-state index contributed by atoms with van der Waals surface area (Å²) in [6, 6.07) is 13.2. The Morgan fingerprint density at radius 2 is 1.66 bits per heavy atom. The van der Waals surface area contributed by atoms with E-state index in [1.54, 1.807) is 36.4 Å². The van der Waals surface area contributed by atoms with Crippen molar-refractivity contribution in [3.63, 3.8) is 0 Å². The molecule has 3 aromatic rings. The van der Waals surface area contributed by atoms with Crippen molar-refractivity contribution in [3.8, 4) is 6.01 Å². The Kier molecular flexibility index (Phi) is 8.08. The molecule has 6 rings (SSSR count). The van der Waals surface area contributed by atoms with Crippen LogP contribution in [-0.4, -0.2) is 77.0 Å². The minimum absolute atomic E-state index is 0.0730. The van der Waals surface area contributed by atoms with E-state index in [4.69, 9.17) is 16.3 Å². The van der Waals surface area contributed by atoms with Crippen molar-refractivity contribution < 1.29 is 31.1 Å². The summed E-state index contributed by atoms with van der Waals surface area (Å²) < 4.78 is 68.9. The topological polar surface area (TPSA) is 114 Å². The van der Waals surface area contributed by atoms with Gasteiger partial charge in [0.15, 0.2) is 22.2 Å². The van der Waals surface area contributed by atoms with Gasteiger partial charge in [-0.3, -0.25) is 4.79 Å². The lowest BCUT2D eigenvalue weighted by molar-refractivity contribution is -0.154. The van der Waals surface area contributed by atoms with Crippen LogP contribution in [0.25, 0.3) is 0 Å². The number of Topliss-reactive ketones (excluding diaryl/α,β-unsaturated/α-hetero) is 1. The maximum Gasteiger partial charge on any atom is 0.422 e. The van der Waals surface area contributed by atoms with Crippen LogP contribution in [0.3, 0.4) is 0 Å². The number of ketones is 1. The van der Waals surface area contributed by atoms with Crippen LogP contribution in [0.1, 0.15) is 59.4 Å². The van der Waals surface area contributed by atoms with Gasteiger partial charge in [0.2, 0.25) is 5.95 Å². The molecule has 2 aliphatic carbocycles. The number of nitrogens with zero attached hydrogens (tertiary/aromatic N) is 4. The van der Waals surface area contributed by atoms with Gasteiger partial charge in [0.05, 0.1) is 10.3 Å². The molecule has 44 heavy (non-hydrogen) atoms. The molecule has 14 heteroatoms. The average molecular weight is 650 g/mol. The van der Waals surface area contributed by atoms with Gasteiger partial charge in [0, 0.05) is 23.6 Å². The number of halogens is 4. The van der Waals surface area contributed by atoms with Crippen LogP contribution in [0.5, 0.6) is 6.01 Å². The van der Waals surface area contributed by atoms with Crippen LogP contribution < -0.4 is 10.1 Å². The molecular weight excluding hydrogens is 619 g/mol. The van der Waals surface area contributed by atoms with Crippen LogP contribution in [0, 0.1) is 0 Å². The highest BCUT2D eigenvalue weighted by molar-refractivity contribution is 7.93. The number of benzene rings is 2. The van der Waals surface area contributed by atoms with E-state index in [9.17, 15) is 26.4 Å². The summed E-state index contributed by atoms with van der Waals surface area (Å²) in [4.78, 5) is 27.7. The van der Waals surface area contributed by atoms with Crippen LogP contribution >= 0.6 is 11.6 Å². The van der Waals surface area contributed by atoms with Crippen molar-refractivity contribution in [3.05, 3.63) is 76.1 Å². The van der Waals surface area contributed by atoms with Gasteiger partial charge >= 0.3 is 12.2 Å². The van der Waals surface area contributed by atoms with Gasteiger partial charge in [0.25, 0.3) is 0 Å². The van der Waals surface area contributed by atoms with E-state index in [1.807, 2.05) is 12.1 Å². The molecule has 3 fully saturated rings. The first kappa shape index (κ1) is 30.7. The third-order valence-electron chi connectivity index (χ3n) is 8.41. The number of sulfone groups is 1. The molecule has 0 unspecified atom stereocenters. The Hall–Kier alpha value is -3.29. The lowest BCUT2D eigenvalue weighted by Gasteiger charge is -2.34. The van der Waals surface area contributed by atoms with E-state index in [1.165, 1.54) is 0 Å². The van der Waals surface area contributed by atoms with Crippen molar-refractivity contribution in [1.82, 2.24) is 19.9 Å². The first-order chi connectivity index (χ1) is 20.8. The Morgan fingerprint density at radius 3 is 2.23 bits per heavy atom. The molecule has 1 aliphatic heterocycles. The second kappa shape index (κ2) is 11.6. The number of ether oxygens (including phenoxy) is 1. The smallest absolute Gasteiger partial charge is 0.422 e. The van der Waals surface area contributed by atoms with Gasteiger partial charge in [-0.05, 0) is 68.5 Å². The number of likely N-dealkylation sites (tertiary alicyclic amines) is 1. The molecule has 1 saturated heterocycles. The summed E-state index contributed by atoms with van der Waals surface area (Å²) in [5.74, 6) is -0.783. The third kappa shape index (κ3) is 7.00. The molecule has 1 N–H and O–H groups in total. The number of carbonyl (C=O) groups excluding carboxylic acids is 1. The van der Waals surface area contributed by atoms with Crippen molar-refractivity contribution >= 4 is 33.2 Å². The van der Waals surface area contributed by atoms with Gasteiger partial charge < -0.3 is 15.0 Å². The number of carbonyl (C=O) groups is 1. The highest BCUT2D eigenvalue weighted by atomic mass is 35.5. The zero-order chi connectivity index (χ0) is 31.2. The largest absolute Gasteiger partial charge is 0.454 e. The summed E-state index contributed by atoms with van der Waals surface area (Å²) in [6.07, 6.45) is -0.717. The van der Waals surface area contributed by atoms with E-state index in [0.717, 1.165) is 37.9 Å². The Balaban J connectivity index is 1.16. The number of hydrogen-bond donors (Lipinski definition) is 1. The van der Waals surface area contributed by atoms with E-state index >= 15 is 0 Å². The van der Waals surface area contributed by atoms with E-state index in [-0.39, 0.29) is 23.8 Å². The molecule has 2 aromatic carbocycles. The minimum atomic E-state index is -4.58. The highest BCUT2D eigenvalue weighted by Gasteiger charge is 2.55. The second-order valence-corrected chi connectivity index (χ2v) is 14.7. The summed E-state index contributed by atoms with van der Waals surface area (Å²) in [6.45, 7) is 0.715. The number of aromatic nitrogens is 3. The molecule has 0 bridgehead atoms. The number of anilines is 1. The SMILES string of the molecule is O=C(CS(=O)(=O)C1(CN2CCC2)CC1)c1ccc(Cc2nc(NC3(c4ccc(Cl)cc4)CC3)nc(OCC(F)(F)F)n2)cc1. The summed E-state index contributed by atoms with van der Waals surface area (Å²) in [5.41, 5.74) is 1.39. The lowest BCUT2D eigenvalue weighted by Crippen LogP contribution is -2.46. The molecule has 2 heterocycles. The van der Waals surface area contributed by atoms with Gasteiger partial charge in [0.1, 0.15) is 11.6 Å². The Bertz CT molecular complexity index is 1640. The number of rotatable bonds is 13. The summed E-state index contributed by atoms with van der Waals surface area (Å²) in [5, 5.41) is 3.82. The lowest BCUT2D eigenvalue weighted by atomic mass is 10.1. The first-order valence-electron chi connectivity index (χ1n) is 14.4. The fraction of sp³-hybridized carbons (Fsp3) is 0.467. The van der Waals surface area contributed by atoms with Crippen molar-refractivity contribution in [2.75, 3.05) is 37.3 Å². The molecule has 1 aromatic heterocycles.